The van der Waals surface area contributed by atoms with Gasteiger partial charge in [0.05, 0.1) is 19.8 Å². The number of hydrogen-bond acceptors (Lipinski definition) is 4. The number of aromatic nitrogens is 1. The Morgan fingerprint density at radius 3 is 2.10 bits per heavy atom. The second-order valence-corrected chi connectivity index (χ2v) is 4.61. The molecule has 0 bridgehead atoms. The third-order valence-corrected chi connectivity index (χ3v) is 3.30. The molecule has 4 nitrogen and oxygen atoms in total. The normalized spacial score (nSPS) is 12.1. The molecule has 0 fully saturated rings. The highest BCUT2D eigenvalue weighted by Gasteiger charge is 2.22. The van der Waals surface area contributed by atoms with Gasteiger partial charge >= 0.3 is 0 Å². The molecule has 1 heterocycles. The second-order valence-electron chi connectivity index (χ2n) is 4.61. The molecular formula is C16H19NO3. The molecule has 1 aromatic carbocycles. The first kappa shape index (κ1) is 14.3. The molecule has 0 saturated heterocycles. The average Bonchev–Trinajstić information content (AvgIpc) is 2.45. The maximum atomic E-state index is 10.7. The van der Waals surface area contributed by atoms with Crippen LogP contribution in [0.25, 0.3) is 0 Å². The van der Waals surface area contributed by atoms with E-state index in [1.54, 1.807) is 26.4 Å². The zero-order valence-corrected chi connectivity index (χ0v) is 12.2. The van der Waals surface area contributed by atoms with Gasteiger partial charge in [-0.25, -0.2) is 0 Å². The molecule has 0 spiro atoms. The summed E-state index contributed by atoms with van der Waals surface area (Å²) in [7, 11) is 3.15. The van der Waals surface area contributed by atoms with Gasteiger partial charge in [-0.3, -0.25) is 4.98 Å². The molecule has 0 aliphatic rings. The molecule has 2 aromatic rings. The average molecular weight is 273 g/mol. The molecule has 1 atom stereocenters. The number of pyridine rings is 1. The molecule has 1 unspecified atom stereocenters. The fraction of sp³-hybridized carbons (Fsp3) is 0.312. The van der Waals surface area contributed by atoms with Gasteiger partial charge in [0.25, 0.3) is 0 Å². The summed E-state index contributed by atoms with van der Waals surface area (Å²) < 4.78 is 10.7. The van der Waals surface area contributed by atoms with Crippen molar-refractivity contribution < 1.29 is 14.6 Å². The minimum atomic E-state index is -0.839. The van der Waals surface area contributed by atoms with E-state index in [0.717, 1.165) is 17.0 Å². The van der Waals surface area contributed by atoms with Gasteiger partial charge in [0, 0.05) is 17.0 Å². The van der Waals surface area contributed by atoms with Gasteiger partial charge in [0.15, 0.2) is 0 Å². The zero-order valence-electron chi connectivity index (χ0n) is 12.2. The SMILES string of the molecule is COc1cccc(OC)c1C(O)c1ccc(C)nc1C. The number of ether oxygens (including phenoxy) is 2. The Morgan fingerprint density at radius 1 is 1.00 bits per heavy atom. The topological polar surface area (TPSA) is 51.6 Å². The van der Waals surface area contributed by atoms with E-state index < -0.39 is 6.10 Å². The minimum Gasteiger partial charge on any atom is -0.496 e. The Hall–Kier alpha value is -2.07. The molecule has 0 radical (unpaired) electrons. The van der Waals surface area contributed by atoms with Crippen LogP contribution in [0.15, 0.2) is 30.3 Å². The molecule has 0 aliphatic heterocycles. The van der Waals surface area contributed by atoms with Crippen molar-refractivity contribution in [2.24, 2.45) is 0 Å². The largest absolute Gasteiger partial charge is 0.496 e. The van der Waals surface area contributed by atoms with Crippen LogP contribution in [0, 0.1) is 13.8 Å². The number of rotatable bonds is 4. The molecule has 0 amide bonds. The fourth-order valence-electron chi connectivity index (χ4n) is 2.29. The lowest BCUT2D eigenvalue weighted by Gasteiger charge is -2.19. The predicted molar refractivity (Wildman–Crippen MR) is 77.3 cm³/mol. The molecule has 0 aliphatic carbocycles. The third-order valence-electron chi connectivity index (χ3n) is 3.30. The zero-order chi connectivity index (χ0) is 14.7. The van der Waals surface area contributed by atoms with Crippen molar-refractivity contribution in [3.05, 3.63) is 52.8 Å². The van der Waals surface area contributed by atoms with Crippen molar-refractivity contribution >= 4 is 0 Å². The Morgan fingerprint density at radius 2 is 1.60 bits per heavy atom. The smallest absolute Gasteiger partial charge is 0.128 e. The van der Waals surface area contributed by atoms with E-state index in [2.05, 4.69) is 4.98 Å². The van der Waals surface area contributed by atoms with Crippen molar-refractivity contribution in [1.29, 1.82) is 0 Å². The highest BCUT2D eigenvalue weighted by molar-refractivity contribution is 5.50. The number of nitrogens with zero attached hydrogens (tertiary/aromatic N) is 1. The molecular weight excluding hydrogens is 254 g/mol. The summed E-state index contributed by atoms with van der Waals surface area (Å²) >= 11 is 0. The number of hydrogen-bond donors (Lipinski definition) is 1. The molecule has 20 heavy (non-hydrogen) atoms. The van der Waals surface area contributed by atoms with Crippen LogP contribution in [0.3, 0.4) is 0 Å². The summed E-state index contributed by atoms with van der Waals surface area (Å²) in [5.74, 6) is 1.19. The van der Waals surface area contributed by atoms with E-state index in [1.165, 1.54) is 0 Å². The lowest BCUT2D eigenvalue weighted by atomic mass is 9.98. The molecule has 106 valence electrons. The van der Waals surface area contributed by atoms with E-state index in [4.69, 9.17) is 9.47 Å². The molecule has 1 N–H and O–H groups in total. The Kier molecular flexibility index (Phi) is 4.25. The summed E-state index contributed by atoms with van der Waals surface area (Å²) in [6.45, 7) is 3.81. The number of benzene rings is 1. The van der Waals surface area contributed by atoms with E-state index in [1.807, 2.05) is 32.0 Å². The predicted octanol–water partition coefficient (Wildman–Crippen LogP) is 2.80. The van der Waals surface area contributed by atoms with Gasteiger partial charge in [-0.15, -0.1) is 0 Å². The van der Waals surface area contributed by atoms with Crippen LogP contribution in [-0.4, -0.2) is 24.3 Å². The molecule has 2 rings (SSSR count). The highest BCUT2D eigenvalue weighted by atomic mass is 16.5. The fourth-order valence-corrected chi connectivity index (χ4v) is 2.29. The van der Waals surface area contributed by atoms with Gasteiger partial charge in [-0.1, -0.05) is 12.1 Å². The standard InChI is InChI=1S/C16H19NO3/c1-10-8-9-12(11(2)17-10)16(18)15-13(19-3)6-5-7-14(15)20-4/h5-9,16,18H,1-4H3. The molecule has 1 aromatic heterocycles. The monoisotopic (exact) mass is 273 g/mol. The Bertz CT molecular complexity index is 588. The van der Waals surface area contributed by atoms with Crippen molar-refractivity contribution in [2.45, 2.75) is 20.0 Å². The summed E-state index contributed by atoms with van der Waals surface area (Å²) in [4.78, 5) is 4.39. The van der Waals surface area contributed by atoms with Crippen molar-refractivity contribution in [3.8, 4) is 11.5 Å². The van der Waals surface area contributed by atoms with Gasteiger partial charge in [0.1, 0.15) is 17.6 Å². The molecule has 4 heteroatoms. The van der Waals surface area contributed by atoms with E-state index in [0.29, 0.717) is 17.1 Å². The summed E-state index contributed by atoms with van der Waals surface area (Å²) in [6, 6.07) is 9.20. The second kappa shape index (κ2) is 5.92. The first-order valence-corrected chi connectivity index (χ1v) is 6.41. The number of aryl methyl sites for hydroxylation is 2. The Balaban J connectivity index is 2.55. The highest BCUT2D eigenvalue weighted by Crippen LogP contribution is 2.37. The van der Waals surface area contributed by atoms with Crippen LogP contribution in [0.5, 0.6) is 11.5 Å². The lowest BCUT2D eigenvalue weighted by Crippen LogP contribution is -2.07. The van der Waals surface area contributed by atoms with Crippen LogP contribution < -0.4 is 9.47 Å². The molecule has 0 saturated carbocycles. The van der Waals surface area contributed by atoms with Crippen molar-refractivity contribution in [2.75, 3.05) is 14.2 Å². The van der Waals surface area contributed by atoms with Gasteiger partial charge in [-0.05, 0) is 32.0 Å². The van der Waals surface area contributed by atoms with Gasteiger partial charge in [-0.2, -0.15) is 0 Å². The number of aliphatic hydroxyl groups is 1. The van der Waals surface area contributed by atoms with Crippen LogP contribution in [-0.2, 0) is 0 Å². The van der Waals surface area contributed by atoms with E-state index in [9.17, 15) is 5.11 Å². The van der Waals surface area contributed by atoms with E-state index >= 15 is 0 Å². The maximum absolute atomic E-state index is 10.7. The third kappa shape index (κ3) is 2.60. The van der Waals surface area contributed by atoms with Gasteiger partial charge in [0.2, 0.25) is 0 Å². The summed E-state index contributed by atoms with van der Waals surface area (Å²) in [5.41, 5.74) is 3.08. The first-order valence-electron chi connectivity index (χ1n) is 6.41. The number of methoxy groups -OCH3 is 2. The maximum Gasteiger partial charge on any atom is 0.128 e. The van der Waals surface area contributed by atoms with Crippen LogP contribution >= 0.6 is 0 Å². The quantitative estimate of drug-likeness (QED) is 0.930. The lowest BCUT2D eigenvalue weighted by molar-refractivity contribution is 0.207. The van der Waals surface area contributed by atoms with Gasteiger partial charge < -0.3 is 14.6 Å². The number of aliphatic hydroxyl groups excluding tert-OH is 1. The van der Waals surface area contributed by atoms with E-state index in [-0.39, 0.29) is 0 Å². The van der Waals surface area contributed by atoms with Crippen LogP contribution in [0.1, 0.15) is 28.6 Å². The Labute approximate surface area is 119 Å². The van der Waals surface area contributed by atoms with Crippen LogP contribution in [0.2, 0.25) is 0 Å². The first-order chi connectivity index (χ1) is 9.58. The summed E-state index contributed by atoms with van der Waals surface area (Å²) in [6.07, 6.45) is -0.839. The van der Waals surface area contributed by atoms with Crippen LogP contribution in [0.4, 0.5) is 0 Å². The summed E-state index contributed by atoms with van der Waals surface area (Å²) in [5, 5.41) is 10.7. The van der Waals surface area contributed by atoms with Crippen molar-refractivity contribution in [1.82, 2.24) is 4.98 Å². The minimum absolute atomic E-state index is 0.594. The van der Waals surface area contributed by atoms with Crippen molar-refractivity contribution in [3.63, 3.8) is 0 Å².